The van der Waals surface area contributed by atoms with Crippen molar-refractivity contribution in [3.63, 3.8) is 0 Å². The van der Waals surface area contributed by atoms with E-state index in [2.05, 4.69) is 15.5 Å². The Kier molecular flexibility index (Phi) is 6.33. The molecule has 0 radical (unpaired) electrons. The first-order valence-electron chi connectivity index (χ1n) is 8.79. The number of nitrogens with zero attached hydrogens (tertiary/aromatic N) is 3. The van der Waals surface area contributed by atoms with Gasteiger partial charge in [-0.2, -0.15) is 13.2 Å². The number of halogens is 3. The summed E-state index contributed by atoms with van der Waals surface area (Å²) in [5.41, 5.74) is 1.46. The van der Waals surface area contributed by atoms with Crippen LogP contribution in [-0.2, 0) is 17.5 Å². The fourth-order valence-electron chi connectivity index (χ4n) is 2.71. The van der Waals surface area contributed by atoms with Crippen LogP contribution in [-0.4, -0.2) is 26.4 Å². The van der Waals surface area contributed by atoms with E-state index in [-0.39, 0.29) is 11.4 Å². The first-order chi connectivity index (χ1) is 13.7. The molecule has 1 aromatic carbocycles. The molecule has 0 aliphatic heterocycles. The number of anilines is 1. The van der Waals surface area contributed by atoms with Crippen molar-refractivity contribution in [2.75, 3.05) is 11.1 Å². The van der Waals surface area contributed by atoms with Crippen LogP contribution in [0.5, 0.6) is 0 Å². The molecule has 2 heterocycles. The number of aromatic nitrogens is 3. The van der Waals surface area contributed by atoms with Crippen LogP contribution >= 0.6 is 23.1 Å². The maximum absolute atomic E-state index is 12.8. The molecule has 0 unspecified atom stereocenters. The molecule has 0 atom stereocenters. The van der Waals surface area contributed by atoms with E-state index < -0.39 is 17.6 Å². The Labute approximate surface area is 174 Å². The lowest BCUT2D eigenvalue weighted by molar-refractivity contribution is -0.137. The van der Waals surface area contributed by atoms with Gasteiger partial charge in [0, 0.05) is 28.1 Å². The summed E-state index contributed by atoms with van der Waals surface area (Å²) in [6.45, 7) is 6.68. The van der Waals surface area contributed by atoms with Gasteiger partial charge >= 0.3 is 6.18 Å². The second-order valence-electron chi connectivity index (χ2n) is 6.30. The predicted octanol–water partition coefficient (Wildman–Crippen LogP) is 5.39. The largest absolute Gasteiger partial charge is 0.416 e. The second kappa shape index (κ2) is 8.58. The third-order valence-electron chi connectivity index (χ3n) is 4.37. The molecule has 29 heavy (non-hydrogen) atoms. The number of nitrogens with one attached hydrogen (secondary N) is 1. The average Bonchev–Trinajstić information content (AvgIpc) is 3.22. The molecular weight excluding hydrogens is 421 g/mol. The molecule has 154 valence electrons. The van der Waals surface area contributed by atoms with Gasteiger partial charge in [-0.1, -0.05) is 17.8 Å². The summed E-state index contributed by atoms with van der Waals surface area (Å²) in [4.78, 5) is 13.4. The van der Waals surface area contributed by atoms with E-state index in [1.54, 1.807) is 11.3 Å². The summed E-state index contributed by atoms with van der Waals surface area (Å²) in [5, 5.41) is 13.6. The Morgan fingerprint density at radius 3 is 2.66 bits per heavy atom. The molecule has 2 aromatic heterocycles. The molecule has 0 fully saturated rings. The number of thioether (sulfide) groups is 1. The van der Waals surface area contributed by atoms with Crippen LogP contribution in [0, 0.1) is 13.8 Å². The van der Waals surface area contributed by atoms with Crippen molar-refractivity contribution in [1.82, 2.24) is 14.8 Å². The lowest BCUT2D eigenvalue weighted by Crippen LogP contribution is -2.15. The van der Waals surface area contributed by atoms with Crippen LogP contribution in [0.3, 0.4) is 0 Å². The van der Waals surface area contributed by atoms with Crippen molar-refractivity contribution in [1.29, 1.82) is 0 Å². The molecule has 1 amide bonds. The second-order valence-corrected chi connectivity index (χ2v) is 8.32. The molecular formula is C19H19F3N4OS2. The van der Waals surface area contributed by atoms with E-state index in [4.69, 9.17) is 0 Å². The van der Waals surface area contributed by atoms with E-state index in [9.17, 15) is 18.0 Å². The third-order valence-corrected chi connectivity index (χ3v) is 6.35. The molecule has 3 rings (SSSR count). The van der Waals surface area contributed by atoms with E-state index in [0.29, 0.717) is 11.7 Å². The van der Waals surface area contributed by atoms with E-state index in [0.717, 1.165) is 29.1 Å². The highest BCUT2D eigenvalue weighted by molar-refractivity contribution is 7.99. The molecule has 0 saturated carbocycles. The van der Waals surface area contributed by atoms with Crippen LogP contribution in [0.2, 0.25) is 0 Å². The first-order valence-corrected chi connectivity index (χ1v) is 10.7. The fourth-order valence-corrected chi connectivity index (χ4v) is 4.38. The number of alkyl halides is 3. The van der Waals surface area contributed by atoms with Gasteiger partial charge in [0.2, 0.25) is 5.91 Å². The van der Waals surface area contributed by atoms with Crippen molar-refractivity contribution in [3.8, 4) is 11.4 Å². The van der Waals surface area contributed by atoms with Crippen LogP contribution < -0.4 is 5.32 Å². The van der Waals surface area contributed by atoms with Gasteiger partial charge in [-0.25, -0.2) is 0 Å². The van der Waals surface area contributed by atoms with E-state index >= 15 is 0 Å². The van der Waals surface area contributed by atoms with Crippen molar-refractivity contribution in [2.45, 2.75) is 38.6 Å². The number of hydrogen-bond donors (Lipinski definition) is 1. The van der Waals surface area contributed by atoms with Crippen molar-refractivity contribution >= 4 is 34.7 Å². The van der Waals surface area contributed by atoms with Crippen molar-refractivity contribution in [2.24, 2.45) is 0 Å². The number of carbonyl (C=O) groups excluding carboxylic acids is 1. The summed E-state index contributed by atoms with van der Waals surface area (Å²) in [5.74, 6) is 0.343. The summed E-state index contributed by atoms with van der Waals surface area (Å²) < 4.78 is 40.3. The highest BCUT2D eigenvalue weighted by atomic mass is 32.2. The molecule has 0 saturated heterocycles. The molecule has 0 bridgehead atoms. The number of thiophene rings is 1. The standard InChI is InChI=1S/C19H19F3N4OS2/c1-4-26-17(15-9-28-12(3)11(15)2)24-25-18(26)29-10-16(27)23-14-7-5-6-13(8-14)19(20,21)22/h5-9H,4,10H2,1-3H3,(H,23,27). The molecule has 0 spiro atoms. The SMILES string of the molecule is CCn1c(SCC(=O)Nc2cccc(C(F)(F)F)c2)nnc1-c1csc(C)c1C. The summed E-state index contributed by atoms with van der Waals surface area (Å²) >= 11 is 2.84. The van der Waals surface area contributed by atoms with E-state index in [1.165, 1.54) is 28.8 Å². The minimum atomic E-state index is -4.46. The number of benzene rings is 1. The van der Waals surface area contributed by atoms with Crippen LogP contribution in [0.25, 0.3) is 11.4 Å². The maximum atomic E-state index is 12.8. The highest BCUT2D eigenvalue weighted by Gasteiger charge is 2.30. The Morgan fingerprint density at radius 2 is 2.03 bits per heavy atom. The third kappa shape index (κ3) is 4.81. The zero-order valence-corrected chi connectivity index (χ0v) is 17.6. The summed E-state index contributed by atoms with van der Waals surface area (Å²) in [6, 6.07) is 4.56. The molecule has 3 aromatic rings. The van der Waals surface area contributed by atoms with Gasteiger partial charge in [-0.3, -0.25) is 4.79 Å². The quantitative estimate of drug-likeness (QED) is 0.522. The summed E-state index contributed by atoms with van der Waals surface area (Å²) in [7, 11) is 0. The van der Waals surface area contributed by atoms with Gasteiger partial charge in [0.15, 0.2) is 11.0 Å². The smallest absolute Gasteiger partial charge is 0.325 e. The topological polar surface area (TPSA) is 59.8 Å². The van der Waals surface area contributed by atoms with Crippen LogP contribution in [0.15, 0.2) is 34.8 Å². The van der Waals surface area contributed by atoms with Crippen LogP contribution in [0.4, 0.5) is 18.9 Å². The monoisotopic (exact) mass is 440 g/mol. The normalized spacial score (nSPS) is 11.7. The van der Waals surface area contributed by atoms with E-state index in [1.807, 2.05) is 30.7 Å². The molecule has 5 nitrogen and oxygen atoms in total. The molecule has 1 N–H and O–H groups in total. The number of aryl methyl sites for hydroxylation is 1. The number of rotatable bonds is 6. The Morgan fingerprint density at radius 1 is 1.28 bits per heavy atom. The predicted molar refractivity (Wildman–Crippen MR) is 109 cm³/mol. The van der Waals surface area contributed by atoms with Gasteiger partial charge in [0.1, 0.15) is 0 Å². The van der Waals surface area contributed by atoms with Crippen LogP contribution in [0.1, 0.15) is 22.9 Å². The number of hydrogen-bond acceptors (Lipinski definition) is 5. The lowest BCUT2D eigenvalue weighted by atomic mass is 10.1. The van der Waals surface area contributed by atoms with Gasteiger partial charge in [0.05, 0.1) is 11.3 Å². The number of carbonyl (C=O) groups is 1. The van der Waals surface area contributed by atoms with Gasteiger partial charge in [-0.15, -0.1) is 21.5 Å². The van der Waals surface area contributed by atoms with Crippen molar-refractivity contribution < 1.29 is 18.0 Å². The zero-order valence-electron chi connectivity index (χ0n) is 16.0. The zero-order chi connectivity index (χ0) is 21.2. The van der Waals surface area contributed by atoms with Gasteiger partial charge < -0.3 is 9.88 Å². The Balaban J connectivity index is 1.69. The minimum Gasteiger partial charge on any atom is -0.325 e. The van der Waals surface area contributed by atoms with Gasteiger partial charge in [0.25, 0.3) is 0 Å². The Hall–Kier alpha value is -2.33. The van der Waals surface area contributed by atoms with Crippen molar-refractivity contribution in [3.05, 3.63) is 45.6 Å². The maximum Gasteiger partial charge on any atom is 0.416 e. The average molecular weight is 441 g/mol. The first kappa shape index (κ1) is 21.4. The highest BCUT2D eigenvalue weighted by Crippen LogP contribution is 2.32. The summed E-state index contributed by atoms with van der Waals surface area (Å²) in [6.07, 6.45) is -4.46. The molecule has 10 heteroatoms. The Bertz CT molecular complexity index is 1030. The van der Waals surface area contributed by atoms with Gasteiger partial charge in [-0.05, 0) is 44.5 Å². The fraction of sp³-hybridized carbons (Fsp3) is 0.316. The lowest BCUT2D eigenvalue weighted by Gasteiger charge is -2.10. The molecule has 0 aliphatic rings. The minimum absolute atomic E-state index is 0.00995. The molecule has 0 aliphatic carbocycles. The number of amides is 1.